The van der Waals surface area contributed by atoms with Crippen molar-refractivity contribution in [1.82, 2.24) is 15.2 Å². The number of fused-ring (bicyclic) bond motifs is 3. The van der Waals surface area contributed by atoms with E-state index in [1.165, 1.54) is 37.3 Å². The average Bonchev–Trinajstić information content (AvgIpc) is 3.09. The van der Waals surface area contributed by atoms with Crippen LogP contribution in [0.1, 0.15) is 29.4 Å². The molecular weight excluding hydrogens is 342 g/mol. The lowest BCUT2D eigenvalue weighted by Gasteiger charge is -2.49. The lowest BCUT2D eigenvalue weighted by atomic mass is 9.79. The summed E-state index contributed by atoms with van der Waals surface area (Å²) in [6, 6.07) is 10.0. The van der Waals surface area contributed by atoms with Crippen LogP contribution in [0.15, 0.2) is 30.3 Å². The van der Waals surface area contributed by atoms with E-state index >= 15 is 0 Å². The van der Waals surface area contributed by atoms with Gasteiger partial charge in [0.2, 0.25) is 0 Å². The Morgan fingerprint density at radius 2 is 2.08 bits per heavy atom. The fraction of sp³-hybridized carbons (Fsp3) is 0.444. The minimum atomic E-state index is 0.0267. The van der Waals surface area contributed by atoms with Gasteiger partial charge in [0.15, 0.2) is 0 Å². The molecule has 1 amide bonds. The Morgan fingerprint density at radius 1 is 1.29 bits per heavy atom. The first-order valence-electron chi connectivity index (χ1n) is 8.39. The van der Waals surface area contributed by atoms with Crippen molar-refractivity contribution < 1.29 is 4.79 Å². The number of aromatic nitrogens is 1. The van der Waals surface area contributed by atoms with Crippen molar-refractivity contribution in [1.29, 1.82) is 0 Å². The van der Waals surface area contributed by atoms with Crippen LogP contribution < -0.4 is 5.32 Å². The standard InChI is InChI=1S/C18H20ClN3OS/c1-11-17(12-7-9-22(11)10-8-12)21-18(23)15-6-5-14(24-15)13-3-2-4-16(19)20-13/h2-6,11-12,17H,7-10H2,1H3,(H,21,23)/t11-,17-/m0/s1. The molecule has 2 atom stereocenters. The minimum Gasteiger partial charge on any atom is -0.347 e. The lowest BCUT2D eigenvalue weighted by Crippen LogP contribution is -2.62. The van der Waals surface area contributed by atoms with Crippen LogP contribution in [0.25, 0.3) is 10.6 Å². The number of nitrogens with one attached hydrogen (secondary N) is 1. The summed E-state index contributed by atoms with van der Waals surface area (Å²) in [6.45, 7) is 4.57. The molecule has 24 heavy (non-hydrogen) atoms. The van der Waals surface area contributed by atoms with Crippen molar-refractivity contribution in [3.8, 4) is 10.6 Å². The van der Waals surface area contributed by atoms with E-state index in [-0.39, 0.29) is 11.9 Å². The molecule has 3 fully saturated rings. The van der Waals surface area contributed by atoms with E-state index in [2.05, 4.69) is 22.1 Å². The number of thiophene rings is 1. The van der Waals surface area contributed by atoms with Gasteiger partial charge in [0.25, 0.3) is 5.91 Å². The highest BCUT2D eigenvalue weighted by molar-refractivity contribution is 7.17. The van der Waals surface area contributed by atoms with Gasteiger partial charge in [-0.2, -0.15) is 0 Å². The van der Waals surface area contributed by atoms with Gasteiger partial charge in [0.1, 0.15) is 5.15 Å². The van der Waals surface area contributed by atoms with E-state index in [1.807, 2.05) is 24.3 Å². The van der Waals surface area contributed by atoms with Crippen molar-refractivity contribution in [2.45, 2.75) is 31.8 Å². The van der Waals surface area contributed by atoms with Crippen LogP contribution in [-0.4, -0.2) is 41.0 Å². The molecule has 2 aromatic rings. The predicted molar refractivity (Wildman–Crippen MR) is 97.6 cm³/mol. The first-order chi connectivity index (χ1) is 11.6. The van der Waals surface area contributed by atoms with E-state index in [1.54, 1.807) is 6.07 Å². The van der Waals surface area contributed by atoms with Gasteiger partial charge in [-0.15, -0.1) is 11.3 Å². The van der Waals surface area contributed by atoms with Crippen molar-refractivity contribution >= 4 is 28.8 Å². The van der Waals surface area contributed by atoms with E-state index in [4.69, 9.17) is 11.6 Å². The number of hydrogen-bond acceptors (Lipinski definition) is 4. The van der Waals surface area contributed by atoms with Gasteiger partial charge < -0.3 is 5.32 Å². The molecule has 2 bridgehead atoms. The maximum Gasteiger partial charge on any atom is 0.261 e. The molecule has 0 saturated carbocycles. The molecule has 0 aromatic carbocycles. The fourth-order valence-electron chi connectivity index (χ4n) is 3.91. The summed E-state index contributed by atoms with van der Waals surface area (Å²) in [7, 11) is 0. The van der Waals surface area contributed by atoms with E-state index in [9.17, 15) is 4.79 Å². The SMILES string of the molecule is C[C@H]1[C@H](NC(=O)c2ccc(-c3cccc(Cl)n3)s2)C2CCN1CC2. The van der Waals surface area contributed by atoms with Crippen LogP contribution in [0.4, 0.5) is 0 Å². The van der Waals surface area contributed by atoms with Crippen LogP contribution in [0, 0.1) is 5.92 Å². The average molecular weight is 362 g/mol. The normalized spacial score (nSPS) is 28.8. The van der Waals surface area contributed by atoms with Crippen LogP contribution in [0.5, 0.6) is 0 Å². The Hall–Kier alpha value is -1.43. The van der Waals surface area contributed by atoms with E-state index < -0.39 is 0 Å². The van der Waals surface area contributed by atoms with Crippen molar-refractivity contribution in [2.75, 3.05) is 13.1 Å². The first-order valence-corrected chi connectivity index (χ1v) is 9.59. The number of halogens is 1. The molecule has 126 valence electrons. The van der Waals surface area contributed by atoms with Gasteiger partial charge in [-0.1, -0.05) is 17.7 Å². The first kappa shape index (κ1) is 16.1. The van der Waals surface area contributed by atoms with Crippen molar-refractivity contribution in [2.24, 2.45) is 5.92 Å². The molecule has 5 heterocycles. The molecule has 3 saturated heterocycles. The molecule has 4 nitrogen and oxygen atoms in total. The Morgan fingerprint density at radius 3 is 2.79 bits per heavy atom. The summed E-state index contributed by atoms with van der Waals surface area (Å²) >= 11 is 7.42. The summed E-state index contributed by atoms with van der Waals surface area (Å²) < 4.78 is 0. The number of pyridine rings is 1. The number of amides is 1. The zero-order chi connectivity index (χ0) is 16.7. The minimum absolute atomic E-state index is 0.0267. The Balaban J connectivity index is 1.49. The molecule has 1 N–H and O–H groups in total. The second-order valence-corrected chi connectivity index (χ2v) is 8.09. The summed E-state index contributed by atoms with van der Waals surface area (Å²) in [5.74, 6) is 0.641. The highest BCUT2D eigenvalue weighted by atomic mass is 35.5. The molecule has 0 spiro atoms. The summed E-state index contributed by atoms with van der Waals surface area (Å²) in [5, 5.41) is 3.74. The van der Waals surface area contributed by atoms with Crippen molar-refractivity contribution in [3.63, 3.8) is 0 Å². The second kappa shape index (κ2) is 6.47. The Bertz CT molecular complexity index is 752. The molecule has 0 aliphatic carbocycles. The zero-order valence-electron chi connectivity index (χ0n) is 13.5. The quantitative estimate of drug-likeness (QED) is 0.848. The third kappa shape index (κ3) is 2.96. The van der Waals surface area contributed by atoms with Crippen LogP contribution in [0.3, 0.4) is 0 Å². The monoisotopic (exact) mass is 361 g/mol. The number of carbonyl (C=O) groups excluding carboxylic acids is 1. The summed E-state index contributed by atoms with van der Waals surface area (Å²) in [4.78, 5) is 21.2. The van der Waals surface area contributed by atoms with Gasteiger partial charge in [0, 0.05) is 12.1 Å². The molecule has 3 aliphatic rings. The van der Waals surface area contributed by atoms with Crippen molar-refractivity contribution in [3.05, 3.63) is 40.4 Å². The van der Waals surface area contributed by atoms with Crippen LogP contribution >= 0.6 is 22.9 Å². The Kier molecular flexibility index (Phi) is 4.33. The Labute approximate surface area is 150 Å². The van der Waals surface area contributed by atoms with Gasteiger partial charge >= 0.3 is 0 Å². The molecule has 3 aliphatic heterocycles. The number of hydrogen-bond donors (Lipinski definition) is 1. The maximum absolute atomic E-state index is 12.7. The number of piperidine rings is 3. The zero-order valence-corrected chi connectivity index (χ0v) is 15.1. The number of carbonyl (C=O) groups is 1. The van der Waals surface area contributed by atoms with Crippen LogP contribution in [-0.2, 0) is 0 Å². The molecule has 0 radical (unpaired) electrons. The lowest BCUT2D eigenvalue weighted by molar-refractivity contribution is 0.0218. The van der Waals surface area contributed by atoms with Crippen LogP contribution in [0.2, 0.25) is 5.15 Å². The summed E-state index contributed by atoms with van der Waals surface area (Å²) in [6.07, 6.45) is 2.38. The fourth-order valence-corrected chi connectivity index (χ4v) is 4.95. The highest BCUT2D eigenvalue weighted by Gasteiger charge is 2.40. The predicted octanol–water partition coefficient (Wildman–Crippen LogP) is 3.68. The smallest absolute Gasteiger partial charge is 0.261 e. The molecular formula is C18H20ClN3OS. The molecule has 2 aromatic heterocycles. The van der Waals surface area contributed by atoms with Gasteiger partial charge in [-0.25, -0.2) is 4.98 Å². The van der Waals surface area contributed by atoms with E-state index in [0.29, 0.717) is 17.1 Å². The van der Waals surface area contributed by atoms with Gasteiger partial charge in [-0.05, 0) is 63.0 Å². The largest absolute Gasteiger partial charge is 0.347 e. The van der Waals surface area contributed by atoms with E-state index in [0.717, 1.165) is 15.4 Å². The van der Waals surface area contributed by atoms with Gasteiger partial charge in [-0.3, -0.25) is 9.69 Å². The molecule has 0 unspecified atom stereocenters. The number of nitrogens with zero attached hydrogens (tertiary/aromatic N) is 2. The summed E-state index contributed by atoms with van der Waals surface area (Å²) in [5.41, 5.74) is 0.808. The molecule has 6 heteroatoms. The molecule has 5 rings (SSSR count). The van der Waals surface area contributed by atoms with Gasteiger partial charge in [0.05, 0.1) is 15.4 Å². The second-order valence-electron chi connectivity index (χ2n) is 6.62. The third-order valence-corrected chi connectivity index (χ3v) is 6.59. The topological polar surface area (TPSA) is 45.2 Å². The third-order valence-electron chi connectivity index (χ3n) is 5.27. The highest BCUT2D eigenvalue weighted by Crippen LogP contribution is 2.33. The number of rotatable bonds is 3. The maximum atomic E-state index is 12.7.